The molecule has 0 atom stereocenters. The number of nitrogens with zero attached hydrogens (tertiary/aromatic N) is 5. The third kappa shape index (κ3) is 3.05. The molecule has 0 N–H and O–H groups in total. The van der Waals surface area contributed by atoms with Crippen LogP contribution in [-0.2, 0) is 6.54 Å². The zero-order valence-electron chi connectivity index (χ0n) is 18.8. The van der Waals surface area contributed by atoms with E-state index in [0.717, 1.165) is 16.6 Å². The molecule has 0 aliphatic carbocycles. The Labute approximate surface area is 194 Å². The molecule has 3 aromatic heterocycles. The van der Waals surface area contributed by atoms with Crippen LogP contribution < -0.4 is 10.3 Å². The van der Waals surface area contributed by atoms with Crippen molar-refractivity contribution >= 4 is 33.2 Å². The van der Waals surface area contributed by atoms with E-state index in [2.05, 4.69) is 12.1 Å². The summed E-state index contributed by atoms with van der Waals surface area (Å²) in [5, 5.41) is 0.445. The molecule has 0 bridgehead atoms. The molecule has 0 spiro atoms. The largest absolute Gasteiger partial charge is 0.495 e. The predicted molar refractivity (Wildman–Crippen MR) is 133 cm³/mol. The van der Waals surface area contributed by atoms with E-state index in [0.29, 0.717) is 46.0 Å². The summed E-state index contributed by atoms with van der Waals surface area (Å²) in [6.07, 6.45) is 0. The molecule has 0 radical (unpaired) electrons. The van der Waals surface area contributed by atoms with E-state index in [1.165, 1.54) is 0 Å². The van der Waals surface area contributed by atoms with Crippen LogP contribution in [0.1, 0.15) is 11.4 Å². The van der Waals surface area contributed by atoms with Crippen LogP contribution in [-0.4, -0.2) is 31.2 Å². The monoisotopic (exact) mass is 447 g/mol. The number of aromatic nitrogens is 5. The maximum atomic E-state index is 14.0. The summed E-state index contributed by atoms with van der Waals surface area (Å²) in [5.41, 5.74) is 4.79. The molecule has 6 rings (SSSR count). The second-order valence-electron chi connectivity index (χ2n) is 8.13. The number of para-hydroxylation sites is 4. The maximum absolute atomic E-state index is 14.0. The van der Waals surface area contributed by atoms with Crippen molar-refractivity contribution in [2.75, 3.05) is 7.11 Å². The average Bonchev–Trinajstić information content (AvgIpc) is 3.15. The molecule has 6 aromatic rings. The van der Waals surface area contributed by atoms with Crippen LogP contribution in [0.5, 0.6) is 5.75 Å². The third-order valence-electron chi connectivity index (χ3n) is 6.04. The van der Waals surface area contributed by atoms with Crippen LogP contribution >= 0.6 is 0 Å². The Morgan fingerprint density at radius 3 is 2.24 bits per heavy atom. The lowest BCUT2D eigenvalue weighted by molar-refractivity contribution is 0.412. The average molecular weight is 447 g/mol. The number of aryl methyl sites for hydroxylation is 1. The molecule has 34 heavy (non-hydrogen) atoms. The fourth-order valence-corrected chi connectivity index (χ4v) is 4.48. The first kappa shape index (κ1) is 20.1. The molecular weight excluding hydrogens is 426 g/mol. The van der Waals surface area contributed by atoms with Crippen LogP contribution in [0.15, 0.2) is 83.7 Å². The van der Waals surface area contributed by atoms with E-state index in [9.17, 15) is 4.79 Å². The second-order valence-corrected chi connectivity index (χ2v) is 8.13. The summed E-state index contributed by atoms with van der Waals surface area (Å²) >= 11 is 0. The first-order valence-electron chi connectivity index (χ1n) is 11.0. The van der Waals surface area contributed by atoms with E-state index in [4.69, 9.17) is 19.7 Å². The van der Waals surface area contributed by atoms with Gasteiger partial charge in [-0.05, 0) is 36.8 Å². The molecule has 0 amide bonds. The summed E-state index contributed by atoms with van der Waals surface area (Å²) in [4.78, 5) is 28.7. The topological polar surface area (TPSA) is 74.8 Å². The Balaban J connectivity index is 1.74. The van der Waals surface area contributed by atoms with Gasteiger partial charge in [0.2, 0.25) is 0 Å². The van der Waals surface area contributed by atoms with E-state index >= 15 is 0 Å². The number of hydrogen-bond donors (Lipinski definition) is 0. The highest BCUT2D eigenvalue weighted by Crippen LogP contribution is 2.28. The van der Waals surface area contributed by atoms with Gasteiger partial charge in [-0.25, -0.2) is 15.0 Å². The molecule has 0 fully saturated rings. The molecule has 3 heterocycles. The molecule has 0 aliphatic rings. The van der Waals surface area contributed by atoms with Crippen LogP contribution in [0.4, 0.5) is 0 Å². The quantitative estimate of drug-likeness (QED) is 0.393. The van der Waals surface area contributed by atoms with E-state index < -0.39 is 0 Å². The maximum Gasteiger partial charge on any atom is 0.270 e. The number of methoxy groups -OCH3 is 1. The fraction of sp³-hybridized carbons (Fsp3) is 0.111. The molecule has 0 saturated heterocycles. The van der Waals surface area contributed by atoms with Crippen LogP contribution in [0.2, 0.25) is 0 Å². The van der Waals surface area contributed by atoms with E-state index in [-0.39, 0.29) is 5.56 Å². The zero-order chi connectivity index (χ0) is 23.2. The summed E-state index contributed by atoms with van der Waals surface area (Å²) in [7, 11) is 1.59. The minimum absolute atomic E-state index is 0.201. The van der Waals surface area contributed by atoms with Crippen molar-refractivity contribution in [3.8, 4) is 11.4 Å². The Kier molecular flexibility index (Phi) is 4.62. The minimum atomic E-state index is -0.201. The SMILES string of the molecule is COc1ccccc1-n1c(C)nc2c(c1=O)c1nc3ccccc3nc1n2Cc1ccccc1. The van der Waals surface area contributed by atoms with Gasteiger partial charge in [0.25, 0.3) is 5.56 Å². The van der Waals surface area contributed by atoms with Crippen molar-refractivity contribution in [2.45, 2.75) is 13.5 Å². The smallest absolute Gasteiger partial charge is 0.270 e. The summed E-state index contributed by atoms with van der Waals surface area (Å²) in [6, 6.07) is 25.2. The minimum Gasteiger partial charge on any atom is -0.495 e. The van der Waals surface area contributed by atoms with Crippen LogP contribution in [0, 0.1) is 6.92 Å². The van der Waals surface area contributed by atoms with Gasteiger partial charge in [0.15, 0.2) is 11.3 Å². The van der Waals surface area contributed by atoms with Gasteiger partial charge in [-0.1, -0.05) is 54.6 Å². The van der Waals surface area contributed by atoms with Crippen molar-refractivity contribution < 1.29 is 4.74 Å². The lowest BCUT2D eigenvalue weighted by atomic mass is 10.2. The number of rotatable bonds is 4. The first-order chi connectivity index (χ1) is 16.7. The summed E-state index contributed by atoms with van der Waals surface area (Å²) in [5.74, 6) is 1.15. The van der Waals surface area contributed by atoms with Crippen molar-refractivity contribution in [2.24, 2.45) is 0 Å². The van der Waals surface area contributed by atoms with Gasteiger partial charge < -0.3 is 9.30 Å². The van der Waals surface area contributed by atoms with Gasteiger partial charge in [-0.3, -0.25) is 9.36 Å². The van der Waals surface area contributed by atoms with Gasteiger partial charge in [0, 0.05) is 0 Å². The number of hydrogen-bond acceptors (Lipinski definition) is 5. The molecule has 0 aliphatic heterocycles. The van der Waals surface area contributed by atoms with Crippen LogP contribution in [0.25, 0.3) is 38.9 Å². The summed E-state index contributed by atoms with van der Waals surface area (Å²) in [6.45, 7) is 2.35. The highest BCUT2D eigenvalue weighted by atomic mass is 16.5. The van der Waals surface area contributed by atoms with Gasteiger partial charge in [0.1, 0.15) is 22.5 Å². The van der Waals surface area contributed by atoms with Crippen molar-refractivity contribution in [1.29, 1.82) is 0 Å². The number of fused-ring (bicyclic) bond motifs is 4. The van der Waals surface area contributed by atoms with Gasteiger partial charge in [-0.15, -0.1) is 0 Å². The lowest BCUT2D eigenvalue weighted by Gasteiger charge is -2.13. The number of benzene rings is 3. The van der Waals surface area contributed by atoms with Crippen molar-refractivity contribution in [3.63, 3.8) is 0 Å². The second kappa shape index (κ2) is 7.81. The highest BCUT2D eigenvalue weighted by Gasteiger charge is 2.22. The molecule has 3 aromatic carbocycles. The van der Waals surface area contributed by atoms with Crippen molar-refractivity contribution in [1.82, 2.24) is 24.1 Å². The van der Waals surface area contributed by atoms with Crippen molar-refractivity contribution in [3.05, 3.63) is 101 Å². The summed E-state index contributed by atoms with van der Waals surface area (Å²) < 4.78 is 9.10. The molecule has 7 nitrogen and oxygen atoms in total. The molecule has 166 valence electrons. The van der Waals surface area contributed by atoms with E-state index in [1.54, 1.807) is 11.7 Å². The molecule has 7 heteroatoms. The lowest BCUT2D eigenvalue weighted by Crippen LogP contribution is -2.23. The Hall–Kier alpha value is -4.52. The molecule has 0 unspecified atom stereocenters. The fourth-order valence-electron chi connectivity index (χ4n) is 4.48. The van der Waals surface area contributed by atoms with Gasteiger partial charge in [0.05, 0.1) is 30.4 Å². The Morgan fingerprint density at radius 1 is 0.794 bits per heavy atom. The third-order valence-corrected chi connectivity index (χ3v) is 6.04. The first-order valence-corrected chi connectivity index (χ1v) is 11.0. The number of ether oxygens (including phenoxy) is 1. The van der Waals surface area contributed by atoms with Gasteiger partial charge in [-0.2, -0.15) is 0 Å². The van der Waals surface area contributed by atoms with E-state index in [1.807, 2.05) is 78.2 Å². The van der Waals surface area contributed by atoms with Gasteiger partial charge >= 0.3 is 0 Å². The molecular formula is C27H21N5O2. The normalized spacial score (nSPS) is 11.5. The zero-order valence-corrected chi connectivity index (χ0v) is 18.8. The molecule has 0 saturated carbocycles. The highest BCUT2D eigenvalue weighted by molar-refractivity contribution is 6.04. The predicted octanol–water partition coefficient (Wildman–Crippen LogP) is 4.65. The standard InChI is InChI=1S/C27H21N5O2/c1-17-28-25-23(27(33)32(17)21-14-8-9-15-22(21)34-2)24-26(30-20-13-7-6-12-19(20)29-24)31(25)16-18-10-4-3-5-11-18/h3-15H,16H2,1-2H3. The Morgan fingerprint density at radius 2 is 1.47 bits per heavy atom. The van der Waals surface area contributed by atoms with Crippen LogP contribution in [0.3, 0.4) is 0 Å². The Bertz CT molecular complexity index is 1750.